The Morgan fingerprint density at radius 1 is 1.33 bits per heavy atom. The van der Waals surface area contributed by atoms with Crippen molar-refractivity contribution in [1.82, 2.24) is 5.32 Å². The molecule has 116 valence electrons. The Balaban J connectivity index is 1.79. The molecule has 0 amide bonds. The van der Waals surface area contributed by atoms with Gasteiger partial charge in [0.25, 0.3) is 0 Å². The van der Waals surface area contributed by atoms with E-state index in [2.05, 4.69) is 5.32 Å². The Morgan fingerprint density at radius 3 is 2.81 bits per heavy atom. The summed E-state index contributed by atoms with van der Waals surface area (Å²) >= 11 is 2.02. The monoisotopic (exact) mass is 309 g/mol. The molecular formula is C17H24FNOS. The van der Waals surface area contributed by atoms with E-state index in [1.807, 2.05) is 30.9 Å². The molecule has 1 aromatic carbocycles. The molecule has 1 N–H and O–H groups in total. The van der Waals surface area contributed by atoms with E-state index in [9.17, 15) is 4.39 Å². The van der Waals surface area contributed by atoms with E-state index in [1.165, 1.54) is 11.5 Å². The summed E-state index contributed by atoms with van der Waals surface area (Å²) in [6.07, 6.45) is 4.34. The first-order valence-corrected chi connectivity index (χ1v) is 9.03. The lowest BCUT2D eigenvalue weighted by Crippen LogP contribution is -2.45. The smallest absolute Gasteiger partial charge is 0.127 e. The molecule has 0 radical (unpaired) electrons. The first-order chi connectivity index (χ1) is 10.2. The van der Waals surface area contributed by atoms with Crippen LogP contribution in [0.15, 0.2) is 24.3 Å². The Kier molecular flexibility index (Phi) is 4.87. The molecule has 0 aliphatic carbocycles. The summed E-state index contributed by atoms with van der Waals surface area (Å²) in [4.78, 5) is 0. The van der Waals surface area contributed by atoms with Gasteiger partial charge in [0.05, 0.1) is 5.60 Å². The fourth-order valence-corrected chi connectivity index (χ4v) is 5.05. The van der Waals surface area contributed by atoms with Crippen LogP contribution in [0.3, 0.4) is 0 Å². The van der Waals surface area contributed by atoms with E-state index in [1.54, 1.807) is 12.1 Å². The lowest BCUT2D eigenvalue weighted by Gasteiger charge is -2.45. The van der Waals surface area contributed by atoms with Gasteiger partial charge in [0.2, 0.25) is 0 Å². The molecule has 0 bridgehead atoms. The van der Waals surface area contributed by atoms with Gasteiger partial charge in [-0.2, -0.15) is 11.8 Å². The van der Waals surface area contributed by atoms with Crippen LogP contribution < -0.4 is 5.32 Å². The molecule has 1 aromatic rings. The first-order valence-electron chi connectivity index (χ1n) is 7.87. The SMILES string of the molecule is CNC(c1ccccc1F)C1CCOC2(CCSCC2)C1. The van der Waals surface area contributed by atoms with Crippen molar-refractivity contribution in [2.45, 2.75) is 37.3 Å². The third kappa shape index (κ3) is 3.27. The standard InChI is InChI=1S/C17H24FNOS/c1-19-16(14-4-2-3-5-15(14)18)13-6-9-20-17(12-13)7-10-21-11-8-17/h2-5,13,16,19H,6-12H2,1H3. The fourth-order valence-electron chi connectivity index (χ4n) is 3.81. The number of hydrogen-bond donors (Lipinski definition) is 1. The molecule has 2 heterocycles. The van der Waals surface area contributed by atoms with Crippen LogP contribution in [0.5, 0.6) is 0 Å². The molecule has 2 aliphatic rings. The second-order valence-corrected chi connectivity index (χ2v) is 7.41. The molecule has 0 saturated carbocycles. The molecule has 1 spiro atoms. The fraction of sp³-hybridized carbons (Fsp3) is 0.647. The minimum Gasteiger partial charge on any atom is -0.375 e. The van der Waals surface area contributed by atoms with Gasteiger partial charge in [0, 0.05) is 18.2 Å². The first kappa shape index (κ1) is 15.3. The highest BCUT2D eigenvalue weighted by molar-refractivity contribution is 7.99. The zero-order chi connectivity index (χ0) is 14.7. The van der Waals surface area contributed by atoms with Gasteiger partial charge in [0.1, 0.15) is 5.82 Å². The van der Waals surface area contributed by atoms with Crippen molar-refractivity contribution < 1.29 is 9.13 Å². The van der Waals surface area contributed by atoms with Gasteiger partial charge in [-0.25, -0.2) is 4.39 Å². The Hall–Kier alpha value is -0.580. The van der Waals surface area contributed by atoms with Gasteiger partial charge in [0.15, 0.2) is 0 Å². The molecule has 0 aromatic heterocycles. The average Bonchev–Trinajstić information content (AvgIpc) is 2.51. The van der Waals surface area contributed by atoms with Crippen molar-refractivity contribution in [3.8, 4) is 0 Å². The van der Waals surface area contributed by atoms with Crippen LogP contribution in [0.2, 0.25) is 0 Å². The normalized spacial score (nSPS) is 26.7. The van der Waals surface area contributed by atoms with Crippen molar-refractivity contribution in [3.63, 3.8) is 0 Å². The Bertz CT molecular complexity index is 470. The van der Waals surface area contributed by atoms with Crippen LogP contribution in [-0.4, -0.2) is 30.8 Å². The van der Waals surface area contributed by atoms with Gasteiger partial charge in [-0.05, 0) is 56.2 Å². The number of benzene rings is 1. The minimum absolute atomic E-state index is 0.0501. The Labute approximate surface area is 130 Å². The summed E-state index contributed by atoms with van der Waals surface area (Å²) < 4.78 is 20.3. The molecule has 3 rings (SSSR count). The predicted molar refractivity (Wildman–Crippen MR) is 86.2 cm³/mol. The molecule has 21 heavy (non-hydrogen) atoms. The largest absolute Gasteiger partial charge is 0.375 e. The van der Waals surface area contributed by atoms with Crippen LogP contribution in [0.4, 0.5) is 4.39 Å². The van der Waals surface area contributed by atoms with Crippen LogP contribution in [0.25, 0.3) is 0 Å². The summed E-state index contributed by atoms with van der Waals surface area (Å²) in [6, 6.07) is 7.24. The van der Waals surface area contributed by atoms with E-state index in [0.29, 0.717) is 5.92 Å². The zero-order valence-corrected chi connectivity index (χ0v) is 13.4. The van der Waals surface area contributed by atoms with E-state index in [-0.39, 0.29) is 17.5 Å². The van der Waals surface area contributed by atoms with Gasteiger partial charge < -0.3 is 10.1 Å². The highest BCUT2D eigenvalue weighted by Crippen LogP contribution is 2.43. The van der Waals surface area contributed by atoms with Crippen LogP contribution in [-0.2, 0) is 4.74 Å². The van der Waals surface area contributed by atoms with Crippen molar-refractivity contribution in [1.29, 1.82) is 0 Å². The summed E-state index contributed by atoms with van der Waals surface area (Å²) in [7, 11) is 1.94. The lowest BCUT2D eigenvalue weighted by atomic mass is 9.77. The predicted octanol–water partition coefficient (Wildman–Crippen LogP) is 3.78. The van der Waals surface area contributed by atoms with Crippen molar-refractivity contribution in [2.24, 2.45) is 5.92 Å². The number of nitrogens with one attached hydrogen (secondary N) is 1. The van der Waals surface area contributed by atoms with Crippen LogP contribution in [0.1, 0.15) is 37.3 Å². The number of thioether (sulfide) groups is 1. The third-order valence-electron chi connectivity index (χ3n) is 4.96. The lowest BCUT2D eigenvalue weighted by molar-refractivity contribution is -0.107. The molecule has 2 unspecified atom stereocenters. The second-order valence-electron chi connectivity index (χ2n) is 6.18. The Morgan fingerprint density at radius 2 is 2.10 bits per heavy atom. The van der Waals surface area contributed by atoms with E-state index < -0.39 is 0 Å². The maximum atomic E-state index is 14.1. The third-order valence-corrected chi connectivity index (χ3v) is 5.94. The second kappa shape index (κ2) is 6.67. The minimum atomic E-state index is -0.100. The van der Waals surface area contributed by atoms with E-state index in [0.717, 1.165) is 37.9 Å². The summed E-state index contributed by atoms with van der Waals surface area (Å²) in [5, 5.41) is 3.35. The summed E-state index contributed by atoms with van der Waals surface area (Å²) in [6.45, 7) is 0.808. The maximum absolute atomic E-state index is 14.1. The molecule has 2 fully saturated rings. The summed E-state index contributed by atoms with van der Waals surface area (Å²) in [5.74, 6) is 2.73. The van der Waals surface area contributed by atoms with Gasteiger partial charge in [-0.3, -0.25) is 0 Å². The average molecular weight is 309 g/mol. The number of hydrogen-bond acceptors (Lipinski definition) is 3. The van der Waals surface area contributed by atoms with Gasteiger partial charge in [-0.15, -0.1) is 0 Å². The number of ether oxygens (including phenoxy) is 1. The van der Waals surface area contributed by atoms with Gasteiger partial charge >= 0.3 is 0 Å². The molecular weight excluding hydrogens is 285 g/mol. The molecule has 2 atom stereocenters. The highest BCUT2D eigenvalue weighted by Gasteiger charge is 2.41. The van der Waals surface area contributed by atoms with Crippen molar-refractivity contribution in [2.75, 3.05) is 25.2 Å². The van der Waals surface area contributed by atoms with E-state index >= 15 is 0 Å². The van der Waals surface area contributed by atoms with Crippen LogP contribution >= 0.6 is 11.8 Å². The summed E-state index contributed by atoms with van der Waals surface area (Å²) in [5.41, 5.74) is 0.848. The van der Waals surface area contributed by atoms with Gasteiger partial charge in [-0.1, -0.05) is 18.2 Å². The quantitative estimate of drug-likeness (QED) is 0.918. The molecule has 4 heteroatoms. The molecule has 2 nitrogen and oxygen atoms in total. The topological polar surface area (TPSA) is 21.3 Å². The van der Waals surface area contributed by atoms with Crippen molar-refractivity contribution in [3.05, 3.63) is 35.6 Å². The van der Waals surface area contributed by atoms with Crippen LogP contribution in [0, 0.1) is 11.7 Å². The van der Waals surface area contributed by atoms with E-state index in [4.69, 9.17) is 4.74 Å². The number of rotatable bonds is 3. The highest BCUT2D eigenvalue weighted by atomic mass is 32.2. The molecule has 2 aliphatic heterocycles. The number of halogens is 1. The molecule has 2 saturated heterocycles. The maximum Gasteiger partial charge on any atom is 0.127 e. The zero-order valence-electron chi connectivity index (χ0n) is 12.6. The van der Waals surface area contributed by atoms with Crippen molar-refractivity contribution >= 4 is 11.8 Å².